The molecular formula is C17H28Cl2N2O2-2. The molecule has 0 atom stereocenters. The van der Waals surface area contributed by atoms with E-state index >= 15 is 0 Å². The first-order chi connectivity index (χ1) is 10.3. The summed E-state index contributed by atoms with van der Waals surface area (Å²) in [5.41, 5.74) is 1.25. The highest BCUT2D eigenvalue weighted by molar-refractivity contribution is 5.43. The highest BCUT2D eigenvalue weighted by atomic mass is 35.5. The molecule has 0 saturated carbocycles. The van der Waals surface area contributed by atoms with Crippen LogP contribution in [0.3, 0.4) is 0 Å². The van der Waals surface area contributed by atoms with Gasteiger partial charge in [0.1, 0.15) is 0 Å². The molecule has 23 heavy (non-hydrogen) atoms. The molecule has 0 amide bonds. The van der Waals surface area contributed by atoms with E-state index < -0.39 is 0 Å². The van der Waals surface area contributed by atoms with Crippen molar-refractivity contribution in [1.82, 2.24) is 10.6 Å². The Kier molecular flexibility index (Phi) is 12.3. The molecule has 1 aliphatic rings. The largest absolute Gasteiger partial charge is 1.00 e. The van der Waals surface area contributed by atoms with Crippen molar-refractivity contribution in [2.75, 3.05) is 32.8 Å². The minimum Gasteiger partial charge on any atom is -1.00 e. The van der Waals surface area contributed by atoms with Gasteiger partial charge in [-0.25, -0.2) is 0 Å². The molecule has 1 saturated heterocycles. The molecule has 2 rings (SSSR count). The summed E-state index contributed by atoms with van der Waals surface area (Å²) in [7, 11) is 0. The smallest absolute Gasteiger partial charge is 0.161 e. The predicted octanol–water partition coefficient (Wildman–Crippen LogP) is -3.42. The lowest BCUT2D eigenvalue weighted by molar-refractivity contribution is -0.001000. The van der Waals surface area contributed by atoms with Crippen LogP contribution < -0.4 is 44.9 Å². The molecule has 0 radical (unpaired) electrons. The van der Waals surface area contributed by atoms with Crippen molar-refractivity contribution in [3.05, 3.63) is 23.8 Å². The van der Waals surface area contributed by atoms with E-state index in [1.807, 2.05) is 19.9 Å². The molecular weight excluding hydrogens is 335 g/mol. The Bertz CT molecular complexity index is 427. The fourth-order valence-electron chi connectivity index (χ4n) is 2.71. The Morgan fingerprint density at radius 1 is 1.04 bits per heavy atom. The fourth-order valence-corrected chi connectivity index (χ4v) is 2.71. The third-order valence-electron chi connectivity index (χ3n) is 3.83. The minimum atomic E-state index is 0. The second-order valence-electron chi connectivity index (χ2n) is 5.47. The summed E-state index contributed by atoms with van der Waals surface area (Å²) in [6.07, 6.45) is 2.56. The Balaban J connectivity index is 0.00000242. The van der Waals surface area contributed by atoms with Crippen LogP contribution in [0.25, 0.3) is 0 Å². The van der Waals surface area contributed by atoms with Gasteiger partial charge in [-0.15, -0.1) is 0 Å². The molecule has 0 bridgehead atoms. The SMILES string of the molecule is CCOc1ccc(CNCC2CCNCC2)cc1OCC.[Cl-].[Cl-]. The monoisotopic (exact) mass is 362 g/mol. The molecule has 0 aliphatic carbocycles. The summed E-state index contributed by atoms with van der Waals surface area (Å²) in [5, 5.41) is 6.97. The van der Waals surface area contributed by atoms with E-state index in [1.165, 1.54) is 18.4 Å². The van der Waals surface area contributed by atoms with Gasteiger partial charge >= 0.3 is 0 Å². The number of rotatable bonds is 8. The Hall–Kier alpha value is -0.680. The van der Waals surface area contributed by atoms with Gasteiger partial charge in [0.15, 0.2) is 11.5 Å². The van der Waals surface area contributed by atoms with Gasteiger partial charge in [-0.1, -0.05) is 6.07 Å². The van der Waals surface area contributed by atoms with Crippen LogP contribution in [0, 0.1) is 5.92 Å². The maximum Gasteiger partial charge on any atom is 0.161 e. The zero-order chi connectivity index (χ0) is 14.9. The van der Waals surface area contributed by atoms with Gasteiger partial charge in [-0.3, -0.25) is 0 Å². The molecule has 0 spiro atoms. The second-order valence-corrected chi connectivity index (χ2v) is 5.47. The molecule has 4 nitrogen and oxygen atoms in total. The summed E-state index contributed by atoms with van der Waals surface area (Å²) in [6.45, 7) is 9.60. The van der Waals surface area contributed by atoms with E-state index in [1.54, 1.807) is 0 Å². The van der Waals surface area contributed by atoms with Crippen LogP contribution in [0.1, 0.15) is 32.3 Å². The normalized spacial score (nSPS) is 14.5. The molecule has 134 valence electrons. The average molecular weight is 363 g/mol. The van der Waals surface area contributed by atoms with Crippen LogP contribution >= 0.6 is 0 Å². The van der Waals surface area contributed by atoms with E-state index in [2.05, 4.69) is 22.8 Å². The van der Waals surface area contributed by atoms with Crippen molar-refractivity contribution < 1.29 is 34.3 Å². The standard InChI is InChI=1S/C17H28N2O2.2ClH/c1-3-20-16-6-5-15(11-17(16)21-4-2)13-19-12-14-7-9-18-10-8-14;;/h5-6,11,14,18-19H,3-4,7-10,12-13H2,1-2H3;2*1H/p-2. The van der Waals surface area contributed by atoms with Gasteiger partial charge < -0.3 is 44.9 Å². The predicted molar refractivity (Wildman–Crippen MR) is 86.1 cm³/mol. The van der Waals surface area contributed by atoms with E-state index in [4.69, 9.17) is 9.47 Å². The zero-order valence-electron chi connectivity index (χ0n) is 14.0. The number of ether oxygens (including phenoxy) is 2. The molecule has 1 heterocycles. The Morgan fingerprint density at radius 3 is 2.35 bits per heavy atom. The summed E-state index contributed by atoms with van der Waals surface area (Å²) in [4.78, 5) is 0. The number of halogens is 2. The molecule has 1 aromatic carbocycles. The van der Waals surface area contributed by atoms with Crippen LogP contribution in [-0.4, -0.2) is 32.8 Å². The molecule has 6 heteroatoms. The summed E-state index contributed by atoms with van der Waals surface area (Å²) in [6, 6.07) is 6.21. The fraction of sp³-hybridized carbons (Fsp3) is 0.647. The lowest BCUT2D eigenvalue weighted by Crippen LogP contribution is -3.00. The third-order valence-corrected chi connectivity index (χ3v) is 3.83. The molecule has 2 N–H and O–H groups in total. The highest BCUT2D eigenvalue weighted by Gasteiger charge is 2.12. The maximum absolute atomic E-state index is 5.67. The first kappa shape index (κ1) is 22.3. The van der Waals surface area contributed by atoms with Gasteiger partial charge in [0.05, 0.1) is 13.2 Å². The topological polar surface area (TPSA) is 42.5 Å². The number of piperidine rings is 1. The van der Waals surface area contributed by atoms with Crippen molar-refractivity contribution in [2.45, 2.75) is 33.2 Å². The van der Waals surface area contributed by atoms with Crippen LogP contribution in [0.15, 0.2) is 18.2 Å². The van der Waals surface area contributed by atoms with Crippen LogP contribution in [0.2, 0.25) is 0 Å². The summed E-state index contributed by atoms with van der Waals surface area (Å²) >= 11 is 0. The molecule has 1 aliphatic heterocycles. The quantitative estimate of drug-likeness (QED) is 0.505. The van der Waals surface area contributed by atoms with Gasteiger partial charge in [-0.05, 0) is 69.9 Å². The van der Waals surface area contributed by atoms with Crippen LogP contribution in [0.5, 0.6) is 11.5 Å². The van der Waals surface area contributed by atoms with E-state index in [-0.39, 0.29) is 24.8 Å². The first-order valence-corrected chi connectivity index (χ1v) is 8.13. The molecule has 0 aromatic heterocycles. The first-order valence-electron chi connectivity index (χ1n) is 8.13. The van der Waals surface area contributed by atoms with Gasteiger partial charge in [0.25, 0.3) is 0 Å². The molecule has 1 aromatic rings. The van der Waals surface area contributed by atoms with Gasteiger partial charge in [0, 0.05) is 6.54 Å². The second kappa shape index (κ2) is 12.7. The number of benzene rings is 1. The summed E-state index contributed by atoms with van der Waals surface area (Å²) in [5.74, 6) is 2.49. The maximum atomic E-state index is 5.67. The number of hydrogen-bond donors (Lipinski definition) is 2. The van der Waals surface area contributed by atoms with E-state index in [0.717, 1.165) is 43.6 Å². The summed E-state index contributed by atoms with van der Waals surface area (Å²) < 4.78 is 11.3. The lowest BCUT2D eigenvalue weighted by Gasteiger charge is -2.23. The van der Waals surface area contributed by atoms with Crippen molar-refractivity contribution in [2.24, 2.45) is 5.92 Å². The average Bonchev–Trinajstić information content (AvgIpc) is 2.51. The lowest BCUT2D eigenvalue weighted by atomic mass is 9.98. The van der Waals surface area contributed by atoms with Crippen LogP contribution in [0.4, 0.5) is 0 Å². The number of hydrogen-bond acceptors (Lipinski definition) is 4. The van der Waals surface area contributed by atoms with Gasteiger partial charge in [-0.2, -0.15) is 0 Å². The highest BCUT2D eigenvalue weighted by Crippen LogP contribution is 2.28. The van der Waals surface area contributed by atoms with Crippen molar-refractivity contribution in [3.8, 4) is 11.5 Å². The van der Waals surface area contributed by atoms with E-state index in [9.17, 15) is 0 Å². The number of nitrogens with one attached hydrogen (secondary N) is 2. The van der Waals surface area contributed by atoms with E-state index in [0.29, 0.717) is 13.2 Å². The Morgan fingerprint density at radius 2 is 1.70 bits per heavy atom. The van der Waals surface area contributed by atoms with Crippen molar-refractivity contribution in [1.29, 1.82) is 0 Å². The van der Waals surface area contributed by atoms with Crippen LogP contribution in [-0.2, 0) is 6.54 Å². The molecule has 0 unspecified atom stereocenters. The van der Waals surface area contributed by atoms with Gasteiger partial charge in [0.2, 0.25) is 0 Å². The Labute approximate surface area is 152 Å². The van der Waals surface area contributed by atoms with Crippen molar-refractivity contribution in [3.63, 3.8) is 0 Å². The van der Waals surface area contributed by atoms with Crippen molar-refractivity contribution >= 4 is 0 Å². The molecule has 1 fully saturated rings. The third kappa shape index (κ3) is 7.62. The minimum absolute atomic E-state index is 0. The zero-order valence-corrected chi connectivity index (χ0v) is 15.6.